The van der Waals surface area contributed by atoms with Crippen LogP contribution in [0.1, 0.15) is 41.0 Å². The number of fused-ring (bicyclic) bond motifs is 1. The zero-order valence-electron chi connectivity index (χ0n) is 16.7. The Hall–Kier alpha value is -3.27. The maximum Gasteiger partial charge on any atom is 0.257 e. The lowest BCUT2D eigenvalue weighted by atomic mass is 10.0. The second-order valence-corrected chi connectivity index (χ2v) is 7.25. The van der Waals surface area contributed by atoms with Crippen molar-refractivity contribution >= 4 is 11.6 Å². The first kappa shape index (κ1) is 19.1. The fourth-order valence-electron chi connectivity index (χ4n) is 3.73. The van der Waals surface area contributed by atoms with Gasteiger partial charge >= 0.3 is 0 Å². The van der Waals surface area contributed by atoms with Crippen LogP contribution in [0.5, 0.6) is 5.75 Å². The minimum absolute atomic E-state index is 0.0709. The van der Waals surface area contributed by atoms with Crippen molar-refractivity contribution in [2.45, 2.75) is 25.9 Å². The summed E-state index contributed by atoms with van der Waals surface area (Å²) in [6.45, 7) is 3.41. The molecule has 0 bridgehead atoms. The quantitative estimate of drug-likeness (QED) is 0.600. The van der Waals surface area contributed by atoms with Gasteiger partial charge in [0.15, 0.2) is 0 Å². The monoisotopic (exact) mass is 386 g/mol. The number of anilines is 1. The first-order valence-corrected chi connectivity index (χ1v) is 10.2. The van der Waals surface area contributed by atoms with E-state index < -0.39 is 0 Å². The van der Waals surface area contributed by atoms with Crippen molar-refractivity contribution in [3.63, 3.8) is 0 Å². The molecule has 0 aromatic heterocycles. The highest BCUT2D eigenvalue weighted by Crippen LogP contribution is 2.34. The van der Waals surface area contributed by atoms with Crippen LogP contribution in [0.15, 0.2) is 78.9 Å². The molecule has 1 amide bonds. The highest BCUT2D eigenvalue weighted by Gasteiger charge is 2.32. The lowest BCUT2D eigenvalue weighted by Gasteiger charge is -2.38. The molecule has 0 radical (unpaired) electrons. The molecule has 1 aliphatic rings. The van der Waals surface area contributed by atoms with Crippen LogP contribution < -0.4 is 10.1 Å². The summed E-state index contributed by atoms with van der Waals surface area (Å²) in [5, 5.41) is 3.54. The summed E-state index contributed by atoms with van der Waals surface area (Å²) in [7, 11) is 0. The maximum absolute atomic E-state index is 13.1. The average Bonchev–Trinajstić information content (AvgIpc) is 2.77. The molecule has 1 atom stereocenters. The molecule has 148 valence electrons. The predicted octanol–water partition coefficient (Wildman–Crippen LogP) is 5.28. The number of hydrogen-bond donors (Lipinski definition) is 1. The van der Waals surface area contributed by atoms with Gasteiger partial charge in [0.1, 0.15) is 11.9 Å². The van der Waals surface area contributed by atoms with Crippen molar-refractivity contribution in [2.75, 3.05) is 18.5 Å². The Morgan fingerprint density at radius 3 is 2.59 bits per heavy atom. The van der Waals surface area contributed by atoms with Gasteiger partial charge in [-0.2, -0.15) is 0 Å². The molecule has 3 aromatic rings. The molecule has 1 aliphatic heterocycles. The summed E-state index contributed by atoms with van der Waals surface area (Å²) >= 11 is 0. The van der Waals surface area contributed by atoms with Gasteiger partial charge in [-0.25, -0.2) is 0 Å². The van der Waals surface area contributed by atoms with Crippen molar-refractivity contribution in [1.82, 2.24) is 4.90 Å². The third-order valence-corrected chi connectivity index (χ3v) is 5.16. The maximum atomic E-state index is 13.1. The topological polar surface area (TPSA) is 41.6 Å². The number of carbonyl (C=O) groups is 1. The van der Waals surface area contributed by atoms with E-state index in [1.165, 1.54) is 5.56 Å². The molecule has 4 nitrogen and oxygen atoms in total. The molecule has 29 heavy (non-hydrogen) atoms. The van der Waals surface area contributed by atoms with Crippen molar-refractivity contribution in [3.05, 3.63) is 95.6 Å². The van der Waals surface area contributed by atoms with Crippen LogP contribution in [0.2, 0.25) is 0 Å². The smallest absolute Gasteiger partial charge is 0.257 e. The lowest BCUT2D eigenvalue weighted by Crippen LogP contribution is -2.43. The fourth-order valence-corrected chi connectivity index (χ4v) is 3.73. The number of nitrogens with one attached hydrogen (secondary N) is 1. The molecule has 1 heterocycles. The Balaban J connectivity index is 1.52. The van der Waals surface area contributed by atoms with E-state index in [9.17, 15) is 4.79 Å². The Kier molecular flexibility index (Phi) is 5.80. The highest BCUT2D eigenvalue weighted by atomic mass is 16.5. The molecule has 4 heteroatoms. The molecule has 3 aromatic carbocycles. The van der Waals surface area contributed by atoms with E-state index in [-0.39, 0.29) is 12.1 Å². The van der Waals surface area contributed by atoms with Crippen LogP contribution >= 0.6 is 0 Å². The summed E-state index contributed by atoms with van der Waals surface area (Å²) in [4.78, 5) is 15.0. The number of amides is 1. The van der Waals surface area contributed by atoms with Gasteiger partial charge in [0, 0.05) is 18.7 Å². The van der Waals surface area contributed by atoms with Crippen LogP contribution in [0, 0.1) is 0 Å². The van der Waals surface area contributed by atoms with E-state index in [0.717, 1.165) is 35.4 Å². The molecule has 1 N–H and O–H groups in total. The first-order chi connectivity index (χ1) is 14.3. The Bertz CT molecular complexity index is 971. The van der Waals surface area contributed by atoms with Crippen molar-refractivity contribution < 1.29 is 9.53 Å². The van der Waals surface area contributed by atoms with Crippen molar-refractivity contribution in [3.8, 4) is 5.75 Å². The number of carbonyl (C=O) groups excluding carboxylic acids is 1. The Morgan fingerprint density at radius 2 is 1.76 bits per heavy atom. The summed E-state index contributed by atoms with van der Waals surface area (Å²) in [6.07, 6.45) is 1.56. The zero-order valence-corrected chi connectivity index (χ0v) is 16.7. The summed E-state index contributed by atoms with van der Waals surface area (Å²) in [5.74, 6) is 0.893. The molecule has 1 unspecified atom stereocenters. The Labute approximate surface area is 172 Å². The third kappa shape index (κ3) is 4.27. The number of ether oxygens (including phenoxy) is 1. The second-order valence-electron chi connectivity index (χ2n) is 7.25. The van der Waals surface area contributed by atoms with Crippen LogP contribution in [0.3, 0.4) is 0 Å². The van der Waals surface area contributed by atoms with Crippen LogP contribution in [0.4, 0.5) is 5.69 Å². The Morgan fingerprint density at radius 1 is 0.966 bits per heavy atom. The van der Waals surface area contributed by atoms with Crippen LogP contribution in [-0.4, -0.2) is 24.0 Å². The minimum Gasteiger partial charge on any atom is -0.493 e. The molecule has 0 saturated carbocycles. The molecular weight excluding hydrogens is 360 g/mol. The van der Waals surface area contributed by atoms with Gasteiger partial charge in [-0.1, -0.05) is 61.5 Å². The number of hydrogen-bond acceptors (Lipinski definition) is 3. The lowest BCUT2D eigenvalue weighted by molar-refractivity contribution is 0.0683. The SMILES string of the molecule is CCCN1C(=O)c2ccccc2NC1c1cccc(OCCc2ccccc2)c1. The number of nitrogens with zero attached hydrogens (tertiary/aromatic N) is 1. The molecule has 0 saturated heterocycles. The average molecular weight is 386 g/mol. The van der Waals surface area contributed by atoms with Crippen LogP contribution in [-0.2, 0) is 6.42 Å². The molecule has 4 rings (SSSR count). The van der Waals surface area contributed by atoms with E-state index in [1.54, 1.807) is 0 Å². The van der Waals surface area contributed by atoms with E-state index in [1.807, 2.05) is 71.6 Å². The third-order valence-electron chi connectivity index (χ3n) is 5.16. The van der Waals surface area contributed by atoms with Crippen molar-refractivity contribution in [2.24, 2.45) is 0 Å². The summed E-state index contributed by atoms with van der Waals surface area (Å²) < 4.78 is 6.00. The molecule has 0 fully saturated rings. The molecular formula is C25H26N2O2. The normalized spacial score (nSPS) is 15.6. The van der Waals surface area contributed by atoms with Gasteiger partial charge < -0.3 is 15.0 Å². The van der Waals surface area contributed by atoms with Gasteiger partial charge in [0.2, 0.25) is 0 Å². The van der Waals surface area contributed by atoms with Gasteiger partial charge in [0.25, 0.3) is 5.91 Å². The first-order valence-electron chi connectivity index (χ1n) is 10.2. The molecule has 0 aliphatic carbocycles. The van der Waals surface area contributed by atoms with Gasteiger partial charge in [-0.3, -0.25) is 4.79 Å². The van der Waals surface area contributed by atoms with Gasteiger partial charge in [-0.05, 0) is 41.8 Å². The predicted molar refractivity (Wildman–Crippen MR) is 116 cm³/mol. The minimum atomic E-state index is -0.199. The van der Waals surface area contributed by atoms with Gasteiger partial charge in [0.05, 0.1) is 12.2 Å². The summed E-state index contributed by atoms with van der Waals surface area (Å²) in [5.41, 5.74) is 3.89. The van der Waals surface area contributed by atoms with Gasteiger partial charge in [-0.15, -0.1) is 0 Å². The summed E-state index contributed by atoms with van der Waals surface area (Å²) in [6, 6.07) is 26.1. The fraction of sp³-hybridized carbons (Fsp3) is 0.240. The highest BCUT2D eigenvalue weighted by molar-refractivity contribution is 6.01. The van der Waals surface area contributed by atoms with E-state index in [4.69, 9.17) is 4.74 Å². The van der Waals surface area contributed by atoms with E-state index in [2.05, 4.69) is 24.4 Å². The number of rotatable bonds is 7. The zero-order chi connectivity index (χ0) is 20.1. The molecule has 0 spiro atoms. The van der Waals surface area contributed by atoms with Crippen LogP contribution in [0.25, 0.3) is 0 Å². The number of para-hydroxylation sites is 1. The van der Waals surface area contributed by atoms with E-state index >= 15 is 0 Å². The standard InChI is InChI=1S/C25H26N2O2/c1-2-16-27-24(26-23-14-7-6-13-22(23)25(27)28)20-11-8-12-21(18-20)29-17-15-19-9-4-3-5-10-19/h3-14,18,24,26H,2,15-17H2,1H3. The van der Waals surface area contributed by atoms with E-state index in [0.29, 0.717) is 13.2 Å². The second kappa shape index (κ2) is 8.82. The van der Waals surface area contributed by atoms with Crippen molar-refractivity contribution in [1.29, 1.82) is 0 Å². The number of benzene rings is 3. The largest absolute Gasteiger partial charge is 0.493 e.